The first-order valence-corrected chi connectivity index (χ1v) is 10.4. The minimum Gasteiger partial charge on any atom is -0.459 e. The van der Waals surface area contributed by atoms with E-state index < -0.39 is 0 Å². The highest BCUT2D eigenvalue weighted by Gasteiger charge is 2.19. The number of piperidine rings is 1. The van der Waals surface area contributed by atoms with Gasteiger partial charge in [0.2, 0.25) is 0 Å². The smallest absolute Gasteiger partial charge is 0.316 e. The Balaban J connectivity index is 1.65. The molecule has 128 valence electrons. The van der Waals surface area contributed by atoms with Crippen LogP contribution in [0.1, 0.15) is 43.8 Å². The first-order chi connectivity index (χ1) is 11.1. The topological polar surface area (TPSA) is 42.4 Å². The SMILES string of the molecule is CCCc1nc(COC(=O)CSC(=S)N2CCC(C)CC2)cs1. The summed E-state index contributed by atoms with van der Waals surface area (Å²) in [4.78, 5) is 18.5. The van der Waals surface area contributed by atoms with E-state index in [4.69, 9.17) is 17.0 Å². The van der Waals surface area contributed by atoms with Crippen LogP contribution < -0.4 is 0 Å². The maximum atomic E-state index is 11.8. The van der Waals surface area contributed by atoms with Crippen molar-refractivity contribution in [3.8, 4) is 0 Å². The Morgan fingerprint density at radius 1 is 1.52 bits per heavy atom. The summed E-state index contributed by atoms with van der Waals surface area (Å²) >= 11 is 8.45. The number of aryl methyl sites for hydroxylation is 1. The third-order valence-electron chi connectivity index (χ3n) is 3.80. The highest BCUT2D eigenvalue weighted by Crippen LogP contribution is 2.20. The van der Waals surface area contributed by atoms with Gasteiger partial charge in [0.15, 0.2) is 0 Å². The molecule has 4 nitrogen and oxygen atoms in total. The van der Waals surface area contributed by atoms with E-state index in [0.29, 0.717) is 0 Å². The Morgan fingerprint density at radius 3 is 2.96 bits per heavy atom. The fourth-order valence-corrected chi connectivity index (χ4v) is 4.28. The number of likely N-dealkylation sites (tertiary alicyclic amines) is 1. The number of thiocarbonyl (C=S) groups is 1. The zero-order valence-corrected chi connectivity index (χ0v) is 16.2. The third kappa shape index (κ3) is 6.39. The number of rotatable bonds is 6. The molecule has 0 atom stereocenters. The van der Waals surface area contributed by atoms with Crippen molar-refractivity contribution in [3.05, 3.63) is 16.1 Å². The second-order valence-corrected chi connectivity index (χ2v) is 8.42. The molecule has 1 aliphatic heterocycles. The van der Waals surface area contributed by atoms with Crippen LogP contribution in [0.3, 0.4) is 0 Å². The van der Waals surface area contributed by atoms with E-state index >= 15 is 0 Å². The lowest BCUT2D eigenvalue weighted by atomic mass is 10.00. The molecule has 0 amide bonds. The van der Waals surface area contributed by atoms with Gasteiger partial charge in [-0.2, -0.15) is 0 Å². The molecular formula is C16H24N2O2S3. The molecule has 0 radical (unpaired) electrons. The number of carbonyl (C=O) groups is 1. The highest BCUT2D eigenvalue weighted by atomic mass is 32.2. The maximum Gasteiger partial charge on any atom is 0.316 e. The Labute approximate surface area is 152 Å². The fourth-order valence-electron chi connectivity index (χ4n) is 2.34. The zero-order chi connectivity index (χ0) is 16.7. The Morgan fingerprint density at radius 2 is 2.26 bits per heavy atom. The van der Waals surface area contributed by atoms with Gasteiger partial charge in [-0.15, -0.1) is 11.3 Å². The van der Waals surface area contributed by atoms with Crippen molar-refractivity contribution in [1.82, 2.24) is 9.88 Å². The van der Waals surface area contributed by atoms with Crippen molar-refractivity contribution >= 4 is 45.6 Å². The summed E-state index contributed by atoms with van der Waals surface area (Å²) < 4.78 is 6.09. The molecule has 1 aliphatic rings. The van der Waals surface area contributed by atoms with Crippen molar-refractivity contribution in [2.24, 2.45) is 5.92 Å². The summed E-state index contributed by atoms with van der Waals surface area (Å²) in [6.07, 6.45) is 4.41. The van der Waals surface area contributed by atoms with Gasteiger partial charge in [0, 0.05) is 18.5 Å². The number of ether oxygens (including phenoxy) is 1. The largest absolute Gasteiger partial charge is 0.459 e. The van der Waals surface area contributed by atoms with Crippen LogP contribution in [0.2, 0.25) is 0 Å². The van der Waals surface area contributed by atoms with Gasteiger partial charge in [-0.3, -0.25) is 4.79 Å². The van der Waals surface area contributed by atoms with E-state index in [-0.39, 0.29) is 18.3 Å². The molecule has 0 unspecified atom stereocenters. The Kier molecular flexibility index (Phi) is 7.79. The summed E-state index contributed by atoms with van der Waals surface area (Å²) in [7, 11) is 0. The van der Waals surface area contributed by atoms with Gasteiger partial charge in [0.1, 0.15) is 10.9 Å². The van der Waals surface area contributed by atoms with Crippen molar-refractivity contribution in [2.75, 3.05) is 18.8 Å². The molecular weight excluding hydrogens is 348 g/mol. The van der Waals surface area contributed by atoms with Crippen LogP contribution in [0.25, 0.3) is 0 Å². The molecule has 0 bridgehead atoms. The number of hydrogen-bond acceptors (Lipinski definition) is 6. The maximum absolute atomic E-state index is 11.8. The van der Waals surface area contributed by atoms with Gasteiger partial charge >= 0.3 is 5.97 Å². The summed E-state index contributed by atoms with van der Waals surface area (Å²) in [6.45, 7) is 6.66. The van der Waals surface area contributed by atoms with Crippen molar-refractivity contribution in [2.45, 2.75) is 46.1 Å². The van der Waals surface area contributed by atoms with Crippen LogP contribution in [0, 0.1) is 5.92 Å². The van der Waals surface area contributed by atoms with E-state index in [1.54, 1.807) is 11.3 Å². The van der Waals surface area contributed by atoms with Crippen LogP contribution in [-0.2, 0) is 22.6 Å². The van der Waals surface area contributed by atoms with Gasteiger partial charge in [0.25, 0.3) is 0 Å². The number of carbonyl (C=O) groups excluding carboxylic acids is 1. The van der Waals surface area contributed by atoms with Crippen LogP contribution in [-0.4, -0.2) is 39.0 Å². The first-order valence-electron chi connectivity index (χ1n) is 8.09. The van der Waals surface area contributed by atoms with E-state index in [1.807, 2.05) is 5.38 Å². The lowest BCUT2D eigenvalue weighted by molar-refractivity contribution is -0.141. The summed E-state index contributed by atoms with van der Waals surface area (Å²) in [5.74, 6) is 0.823. The van der Waals surface area contributed by atoms with Gasteiger partial charge in [-0.25, -0.2) is 4.98 Å². The fraction of sp³-hybridized carbons (Fsp3) is 0.688. The summed E-state index contributed by atoms with van der Waals surface area (Å²) in [6, 6.07) is 0. The quantitative estimate of drug-likeness (QED) is 0.557. The molecule has 7 heteroatoms. The molecule has 2 heterocycles. The van der Waals surface area contributed by atoms with Gasteiger partial charge < -0.3 is 9.64 Å². The van der Waals surface area contributed by atoms with Gasteiger partial charge in [-0.1, -0.05) is 37.8 Å². The average Bonchev–Trinajstić information content (AvgIpc) is 2.99. The van der Waals surface area contributed by atoms with E-state index in [9.17, 15) is 4.79 Å². The third-order valence-corrected chi connectivity index (χ3v) is 6.25. The highest BCUT2D eigenvalue weighted by molar-refractivity contribution is 8.23. The average molecular weight is 373 g/mol. The monoisotopic (exact) mass is 372 g/mol. The molecule has 23 heavy (non-hydrogen) atoms. The lowest BCUT2D eigenvalue weighted by Crippen LogP contribution is -2.35. The predicted molar refractivity (Wildman–Crippen MR) is 101 cm³/mol. The number of aromatic nitrogens is 1. The Bertz CT molecular complexity index is 525. The first kappa shape index (κ1) is 18.7. The number of hydrogen-bond donors (Lipinski definition) is 0. The van der Waals surface area contributed by atoms with Crippen LogP contribution in [0.15, 0.2) is 5.38 Å². The number of nitrogens with zero attached hydrogens (tertiary/aromatic N) is 2. The minimum absolute atomic E-state index is 0.229. The summed E-state index contributed by atoms with van der Waals surface area (Å²) in [5, 5.41) is 3.07. The molecule has 2 rings (SSSR count). The Hall–Kier alpha value is -0.660. The number of esters is 1. The van der Waals surface area contributed by atoms with Gasteiger partial charge in [0.05, 0.1) is 16.5 Å². The molecule has 1 aromatic heterocycles. The molecule has 1 fully saturated rings. The standard InChI is InChI=1S/C16H24N2O2S3/c1-3-4-14-17-13(10-22-14)9-20-15(19)11-23-16(21)18-7-5-12(2)6-8-18/h10,12H,3-9,11H2,1-2H3. The molecule has 0 aliphatic carbocycles. The van der Waals surface area contributed by atoms with E-state index in [1.165, 1.54) is 24.6 Å². The van der Waals surface area contributed by atoms with Crippen LogP contribution >= 0.6 is 35.3 Å². The molecule has 0 N–H and O–H groups in total. The van der Waals surface area contributed by atoms with Crippen LogP contribution in [0.4, 0.5) is 0 Å². The zero-order valence-electron chi connectivity index (χ0n) is 13.7. The predicted octanol–water partition coefficient (Wildman–Crippen LogP) is 3.89. The van der Waals surface area contributed by atoms with Crippen molar-refractivity contribution in [3.63, 3.8) is 0 Å². The number of thioether (sulfide) groups is 1. The molecule has 0 spiro atoms. The molecule has 1 saturated heterocycles. The lowest BCUT2D eigenvalue weighted by Gasteiger charge is -2.31. The minimum atomic E-state index is -0.229. The molecule has 0 saturated carbocycles. The van der Waals surface area contributed by atoms with Crippen molar-refractivity contribution < 1.29 is 9.53 Å². The van der Waals surface area contributed by atoms with Crippen LogP contribution in [0.5, 0.6) is 0 Å². The van der Waals surface area contributed by atoms with Gasteiger partial charge in [-0.05, 0) is 31.6 Å². The summed E-state index contributed by atoms with van der Waals surface area (Å²) in [5.41, 5.74) is 0.837. The van der Waals surface area contributed by atoms with E-state index in [0.717, 1.165) is 46.9 Å². The second-order valence-electron chi connectivity index (χ2n) is 5.87. The normalized spacial score (nSPS) is 15.7. The second kappa shape index (κ2) is 9.59. The molecule has 0 aromatic carbocycles. The van der Waals surface area contributed by atoms with Crippen molar-refractivity contribution in [1.29, 1.82) is 0 Å². The number of thiazole rings is 1. The van der Waals surface area contributed by atoms with E-state index in [2.05, 4.69) is 23.7 Å². The molecule has 1 aromatic rings.